The molecule has 0 amide bonds. The molecule has 11 nitrogen and oxygen atoms in total. The molecule has 0 N–H and O–H groups in total. The van der Waals surface area contributed by atoms with Crippen molar-refractivity contribution in [3.63, 3.8) is 0 Å². The van der Waals surface area contributed by atoms with E-state index >= 15 is 0 Å². The number of carbonyl (C=O) groups excluding carboxylic acids is 2. The van der Waals surface area contributed by atoms with Gasteiger partial charge < -0.3 is 14.2 Å². The summed E-state index contributed by atoms with van der Waals surface area (Å²) in [7, 11) is 7.16. The van der Waals surface area contributed by atoms with Gasteiger partial charge in [0, 0.05) is 14.1 Å². The third-order valence-electron chi connectivity index (χ3n) is 3.75. The minimum Gasteiger partial charge on any atom is -0.467 e. The van der Waals surface area contributed by atoms with Gasteiger partial charge in [-0.1, -0.05) is 0 Å². The molecule has 0 radical (unpaired) electrons. The molecular weight excluding hydrogens is 467 g/mol. The van der Waals surface area contributed by atoms with Gasteiger partial charge in [0.05, 0.1) is 50.0 Å². The summed E-state index contributed by atoms with van der Waals surface area (Å²) in [6.45, 7) is 0. The van der Waals surface area contributed by atoms with Crippen molar-refractivity contribution in [2.24, 2.45) is 14.1 Å². The quantitative estimate of drug-likeness (QED) is 0.509. The molecule has 160 valence electrons. The highest BCUT2D eigenvalue weighted by atomic mass is 79.9. The first-order valence-electron chi connectivity index (χ1n) is 8.18. The number of esters is 2. The van der Waals surface area contributed by atoms with Crippen molar-refractivity contribution in [1.29, 1.82) is 0 Å². The SMILES string of the molecule is COC(=O)c1c(-c2nc(OC)ncc2F)cnn1C.COC(=O)c1c(Br)cnn1C. The van der Waals surface area contributed by atoms with Crippen LogP contribution < -0.4 is 4.74 Å². The van der Waals surface area contributed by atoms with Crippen molar-refractivity contribution in [3.8, 4) is 17.3 Å². The molecule has 3 heterocycles. The Kier molecular flexibility index (Phi) is 7.58. The second-order valence-electron chi connectivity index (χ2n) is 5.53. The monoisotopic (exact) mass is 484 g/mol. The van der Waals surface area contributed by atoms with Crippen LogP contribution in [0.2, 0.25) is 0 Å². The Bertz CT molecular complexity index is 1050. The molecule has 0 aliphatic rings. The maximum Gasteiger partial charge on any atom is 0.357 e. The third kappa shape index (κ3) is 4.79. The molecule has 13 heteroatoms. The maximum absolute atomic E-state index is 13.8. The van der Waals surface area contributed by atoms with Crippen molar-refractivity contribution in [1.82, 2.24) is 29.5 Å². The fourth-order valence-corrected chi connectivity index (χ4v) is 2.83. The molecule has 3 rings (SSSR count). The predicted molar refractivity (Wildman–Crippen MR) is 104 cm³/mol. The van der Waals surface area contributed by atoms with Crippen LogP contribution in [0.1, 0.15) is 21.0 Å². The first kappa shape index (κ1) is 22.9. The third-order valence-corrected chi connectivity index (χ3v) is 4.33. The van der Waals surface area contributed by atoms with Gasteiger partial charge in [0.25, 0.3) is 0 Å². The van der Waals surface area contributed by atoms with Gasteiger partial charge in [-0.3, -0.25) is 9.36 Å². The summed E-state index contributed by atoms with van der Waals surface area (Å²) in [5.41, 5.74) is 0.669. The van der Waals surface area contributed by atoms with E-state index in [1.54, 1.807) is 20.3 Å². The number of methoxy groups -OCH3 is 3. The van der Waals surface area contributed by atoms with E-state index in [9.17, 15) is 14.0 Å². The van der Waals surface area contributed by atoms with Gasteiger partial charge in [-0.2, -0.15) is 15.2 Å². The van der Waals surface area contributed by atoms with Crippen LogP contribution in [0, 0.1) is 5.82 Å². The fraction of sp³-hybridized carbons (Fsp3) is 0.294. The van der Waals surface area contributed by atoms with Crippen molar-refractivity contribution in [2.75, 3.05) is 21.3 Å². The maximum atomic E-state index is 13.8. The molecule has 3 aromatic heterocycles. The highest BCUT2D eigenvalue weighted by Crippen LogP contribution is 2.25. The Balaban J connectivity index is 0.000000248. The number of hydrogen-bond donors (Lipinski definition) is 0. The van der Waals surface area contributed by atoms with E-state index < -0.39 is 17.8 Å². The summed E-state index contributed by atoms with van der Waals surface area (Å²) in [6, 6.07) is -0.00364. The van der Waals surface area contributed by atoms with Crippen LogP contribution in [0.3, 0.4) is 0 Å². The molecule has 0 saturated carbocycles. The number of carbonyl (C=O) groups is 2. The van der Waals surface area contributed by atoms with E-state index in [4.69, 9.17) is 4.74 Å². The molecule has 0 saturated heterocycles. The molecule has 0 atom stereocenters. The van der Waals surface area contributed by atoms with E-state index in [2.05, 4.69) is 45.6 Å². The zero-order valence-electron chi connectivity index (χ0n) is 16.7. The van der Waals surface area contributed by atoms with E-state index in [0.717, 1.165) is 6.20 Å². The first-order valence-corrected chi connectivity index (χ1v) is 8.97. The Labute approximate surface area is 178 Å². The summed E-state index contributed by atoms with van der Waals surface area (Å²) < 4.78 is 31.2. The lowest BCUT2D eigenvalue weighted by atomic mass is 10.1. The van der Waals surface area contributed by atoms with Gasteiger partial charge in [-0.15, -0.1) is 0 Å². The summed E-state index contributed by atoms with van der Waals surface area (Å²) in [6.07, 6.45) is 3.85. The molecule has 0 unspecified atom stereocenters. The zero-order chi connectivity index (χ0) is 22.4. The minimum absolute atomic E-state index is 0.00364. The van der Waals surface area contributed by atoms with Crippen LogP contribution in [0.25, 0.3) is 11.3 Å². The normalized spacial score (nSPS) is 10.1. The van der Waals surface area contributed by atoms with Crippen LogP contribution >= 0.6 is 15.9 Å². The minimum atomic E-state index is -0.682. The van der Waals surface area contributed by atoms with Gasteiger partial charge in [0.1, 0.15) is 5.69 Å². The Morgan fingerprint density at radius 2 is 1.53 bits per heavy atom. The van der Waals surface area contributed by atoms with Gasteiger partial charge in [0.15, 0.2) is 17.2 Å². The first-order chi connectivity index (χ1) is 14.2. The fourth-order valence-electron chi connectivity index (χ4n) is 2.32. The van der Waals surface area contributed by atoms with Crippen LogP contribution in [0.15, 0.2) is 23.1 Å². The van der Waals surface area contributed by atoms with Gasteiger partial charge in [-0.25, -0.2) is 19.0 Å². The largest absolute Gasteiger partial charge is 0.467 e. The standard InChI is InChI=1S/C11H11FN4O3.C6H7BrN2O2/c1-16-9(10(17)18-2)6(4-14-16)8-7(12)5-13-11(15-8)19-3;1-9-5(6(10)11-2)4(7)3-8-9/h4-5H,1-3H3;3H,1-2H3. The number of rotatable bonds is 4. The van der Waals surface area contributed by atoms with Gasteiger partial charge in [0.2, 0.25) is 0 Å². The van der Waals surface area contributed by atoms with Gasteiger partial charge >= 0.3 is 17.9 Å². The zero-order valence-corrected chi connectivity index (χ0v) is 18.3. The molecule has 0 aromatic carbocycles. The second-order valence-corrected chi connectivity index (χ2v) is 6.39. The number of halogens is 2. The van der Waals surface area contributed by atoms with Crippen LogP contribution in [0.4, 0.5) is 4.39 Å². The Morgan fingerprint density at radius 1 is 0.967 bits per heavy atom. The van der Waals surface area contributed by atoms with Crippen LogP contribution in [-0.2, 0) is 23.6 Å². The Morgan fingerprint density at radius 3 is 2.07 bits per heavy atom. The molecule has 0 aliphatic heterocycles. The van der Waals surface area contributed by atoms with E-state index in [-0.39, 0.29) is 23.0 Å². The highest BCUT2D eigenvalue weighted by molar-refractivity contribution is 9.10. The molecule has 0 aliphatic carbocycles. The highest BCUT2D eigenvalue weighted by Gasteiger charge is 2.23. The smallest absolute Gasteiger partial charge is 0.357 e. The summed E-state index contributed by atoms with van der Waals surface area (Å²) >= 11 is 3.17. The number of aryl methyl sites for hydroxylation is 2. The summed E-state index contributed by atoms with van der Waals surface area (Å²) in [4.78, 5) is 30.2. The molecule has 3 aromatic rings. The average Bonchev–Trinajstić information content (AvgIpc) is 3.29. The number of nitrogens with zero attached hydrogens (tertiary/aromatic N) is 6. The number of hydrogen-bond acceptors (Lipinski definition) is 9. The van der Waals surface area contributed by atoms with Gasteiger partial charge in [-0.05, 0) is 15.9 Å². The molecule has 0 fully saturated rings. The lowest BCUT2D eigenvalue weighted by Crippen LogP contribution is -2.10. The molecule has 0 spiro atoms. The summed E-state index contributed by atoms with van der Waals surface area (Å²) in [5.74, 6) is -1.71. The van der Waals surface area contributed by atoms with Crippen molar-refractivity contribution in [2.45, 2.75) is 0 Å². The van der Waals surface area contributed by atoms with Crippen LogP contribution in [-0.4, -0.2) is 62.8 Å². The van der Waals surface area contributed by atoms with E-state index in [1.807, 2.05) is 0 Å². The van der Waals surface area contributed by atoms with E-state index in [0.29, 0.717) is 10.2 Å². The molecular formula is C17H18BrFN6O5. The van der Waals surface area contributed by atoms with Crippen molar-refractivity contribution < 1.29 is 28.2 Å². The topological polar surface area (TPSA) is 123 Å². The average molecular weight is 485 g/mol. The van der Waals surface area contributed by atoms with Crippen LogP contribution in [0.5, 0.6) is 6.01 Å². The number of aromatic nitrogens is 6. The lowest BCUT2D eigenvalue weighted by molar-refractivity contribution is 0.0579. The summed E-state index contributed by atoms with van der Waals surface area (Å²) in [5, 5.41) is 7.76. The number of ether oxygens (including phenoxy) is 3. The second kappa shape index (κ2) is 9.91. The van der Waals surface area contributed by atoms with Crippen molar-refractivity contribution >= 4 is 27.9 Å². The van der Waals surface area contributed by atoms with Crippen molar-refractivity contribution in [3.05, 3.63) is 40.3 Å². The molecule has 0 bridgehead atoms. The van der Waals surface area contributed by atoms with E-state index in [1.165, 1.54) is 36.9 Å². The Hall–Kier alpha value is -3.35. The molecule has 30 heavy (non-hydrogen) atoms. The predicted octanol–water partition coefficient (Wildman–Crippen LogP) is 1.78. The lowest BCUT2D eigenvalue weighted by Gasteiger charge is -2.05.